The molecule has 0 atom stereocenters. The molecule has 1 aromatic rings. The lowest BCUT2D eigenvalue weighted by molar-refractivity contribution is 0.117. The van der Waals surface area contributed by atoms with Crippen LogP contribution in [0.4, 0.5) is 4.39 Å². The summed E-state index contributed by atoms with van der Waals surface area (Å²) in [7, 11) is 1.50. The summed E-state index contributed by atoms with van der Waals surface area (Å²) in [5.41, 5.74) is -1.36. The van der Waals surface area contributed by atoms with E-state index < -0.39 is 5.67 Å². The zero-order chi connectivity index (χ0) is 10.6. The van der Waals surface area contributed by atoms with Gasteiger partial charge in [0.15, 0.2) is 5.75 Å². The van der Waals surface area contributed by atoms with Crippen LogP contribution in [0, 0.1) is 0 Å². The molecule has 0 saturated carbocycles. The van der Waals surface area contributed by atoms with Gasteiger partial charge in [0, 0.05) is 6.20 Å². The Morgan fingerprint density at radius 1 is 1.50 bits per heavy atom. The maximum absolute atomic E-state index is 13.1. The van der Waals surface area contributed by atoms with Crippen molar-refractivity contribution < 1.29 is 13.9 Å². The zero-order valence-corrected chi connectivity index (χ0v) is 8.58. The first-order chi connectivity index (χ1) is 6.53. The molecule has 0 unspecified atom stereocenters. The fourth-order valence-corrected chi connectivity index (χ4v) is 0.889. The lowest BCUT2D eigenvalue weighted by Gasteiger charge is -2.15. The van der Waals surface area contributed by atoms with Crippen molar-refractivity contribution in [1.29, 1.82) is 0 Å². The van der Waals surface area contributed by atoms with Crippen molar-refractivity contribution in [1.82, 2.24) is 4.98 Å². The highest BCUT2D eigenvalue weighted by molar-refractivity contribution is 5.32. The quantitative estimate of drug-likeness (QED) is 0.745. The molecule has 4 heteroatoms. The van der Waals surface area contributed by atoms with E-state index in [0.717, 1.165) is 0 Å². The highest BCUT2D eigenvalue weighted by Gasteiger charge is 2.17. The summed E-state index contributed by atoms with van der Waals surface area (Å²) >= 11 is 0. The van der Waals surface area contributed by atoms with Gasteiger partial charge in [0.1, 0.15) is 12.3 Å². The average molecular weight is 199 g/mol. The third-order valence-corrected chi connectivity index (χ3v) is 1.50. The standard InChI is InChI=1S/C10H14FNO2/c1-10(2,11)7-14-8-5-4-6-12-9(8)13-3/h4-6H,7H2,1-3H3. The molecular formula is C10H14FNO2. The molecule has 0 aromatic carbocycles. The van der Waals surface area contributed by atoms with Crippen LogP contribution in [0.25, 0.3) is 0 Å². The summed E-state index contributed by atoms with van der Waals surface area (Å²) in [6, 6.07) is 3.40. The lowest BCUT2D eigenvalue weighted by Crippen LogP contribution is -2.22. The molecule has 1 aromatic heterocycles. The van der Waals surface area contributed by atoms with E-state index in [1.165, 1.54) is 21.0 Å². The Labute approximate surface area is 82.9 Å². The van der Waals surface area contributed by atoms with Crippen LogP contribution in [-0.2, 0) is 0 Å². The van der Waals surface area contributed by atoms with Gasteiger partial charge in [-0.05, 0) is 26.0 Å². The van der Waals surface area contributed by atoms with Gasteiger partial charge in [0.25, 0.3) is 5.88 Å². The van der Waals surface area contributed by atoms with E-state index in [0.29, 0.717) is 11.6 Å². The van der Waals surface area contributed by atoms with Crippen molar-refractivity contribution >= 4 is 0 Å². The smallest absolute Gasteiger partial charge is 0.256 e. The van der Waals surface area contributed by atoms with Gasteiger partial charge in [-0.15, -0.1) is 0 Å². The van der Waals surface area contributed by atoms with Crippen LogP contribution in [0.1, 0.15) is 13.8 Å². The molecular weight excluding hydrogens is 185 g/mol. The second kappa shape index (κ2) is 4.26. The van der Waals surface area contributed by atoms with Crippen LogP contribution in [0.5, 0.6) is 11.6 Å². The van der Waals surface area contributed by atoms with Crippen LogP contribution < -0.4 is 9.47 Å². The van der Waals surface area contributed by atoms with E-state index in [2.05, 4.69) is 4.98 Å². The van der Waals surface area contributed by atoms with Gasteiger partial charge in [-0.2, -0.15) is 0 Å². The summed E-state index contributed by atoms with van der Waals surface area (Å²) in [4.78, 5) is 3.93. The number of halogens is 1. The number of ether oxygens (including phenoxy) is 2. The van der Waals surface area contributed by atoms with Crippen LogP contribution in [0.2, 0.25) is 0 Å². The van der Waals surface area contributed by atoms with Crippen molar-refractivity contribution in [3.63, 3.8) is 0 Å². The first kappa shape index (κ1) is 10.8. The third-order valence-electron chi connectivity index (χ3n) is 1.50. The van der Waals surface area contributed by atoms with Crippen LogP contribution in [-0.4, -0.2) is 24.4 Å². The van der Waals surface area contributed by atoms with Gasteiger partial charge < -0.3 is 9.47 Å². The average Bonchev–Trinajstić information content (AvgIpc) is 2.14. The molecule has 0 aliphatic rings. The minimum absolute atomic E-state index is 0.0188. The van der Waals surface area contributed by atoms with Crippen molar-refractivity contribution in [2.45, 2.75) is 19.5 Å². The highest BCUT2D eigenvalue weighted by atomic mass is 19.1. The van der Waals surface area contributed by atoms with Gasteiger partial charge in [-0.25, -0.2) is 9.37 Å². The fourth-order valence-electron chi connectivity index (χ4n) is 0.889. The number of hydrogen-bond donors (Lipinski definition) is 0. The molecule has 0 aliphatic carbocycles. The molecule has 0 bridgehead atoms. The van der Waals surface area contributed by atoms with E-state index >= 15 is 0 Å². The van der Waals surface area contributed by atoms with Crippen molar-refractivity contribution in [2.75, 3.05) is 13.7 Å². The molecule has 1 rings (SSSR count). The molecule has 14 heavy (non-hydrogen) atoms. The maximum Gasteiger partial charge on any atom is 0.256 e. The predicted molar refractivity (Wildman–Crippen MR) is 51.5 cm³/mol. The fraction of sp³-hybridized carbons (Fsp3) is 0.500. The van der Waals surface area contributed by atoms with Crippen molar-refractivity contribution in [2.24, 2.45) is 0 Å². The van der Waals surface area contributed by atoms with Crippen LogP contribution in [0.15, 0.2) is 18.3 Å². The number of alkyl halides is 1. The van der Waals surface area contributed by atoms with E-state index in [9.17, 15) is 4.39 Å². The number of hydrogen-bond acceptors (Lipinski definition) is 3. The first-order valence-corrected chi connectivity index (χ1v) is 4.33. The molecule has 3 nitrogen and oxygen atoms in total. The zero-order valence-electron chi connectivity index (χ0n) is 8.58. The lowest BCUT2D eigenvalue weighted by atomic mass is 10.2. The summed E-state index contributed by atoms with van der Waals surface area (Å²) in [5, 5.41) is 0. The second-order valence-electron chi connectivity index (χ2n) is 3.52. The second-order valence-corrected chi connectivity index (χ2v) is 3.52. The van der Waals surface area contributed by atoms with Crippen molar-refractivity contribution in [3.8, 4) is 11.6 Å². The van der Waals surface area contributed by atoms with Gasteiger partial charge in [0.2, 0.25) is 0 Å². The number of methoxy groups -OCH3 is 1. The largest absolute Gasteiger partial charge is 0.485 e. The Bertz CT molecular complexity index is 296. The molecule has 0 N–H and O–H groups in total. The highest BCUT2D eigenvalue weighted by Crippen LogP contribution is 2.24. The minimum Gasteiger partial charge on any atom is -0.485 e. The number of pyridine rings is 1. The topological polar surface area (TPSA) is 31.4 Å². The molecule has 0 saturated heterocycles. The molecule has 0 fully saturated rings. The number of aromatic nitrogens is 1. The Morgan fingerprint density at radius 2 is 2.21 bits per heavy atom. The molecule has 0 amide bonds. The van der Waals surface area contributed by atoms with Gasteiger partial charge in [-0.1, -0.05) is 0 Å². The van der Waals surface area contributed by atoms with E-state index in [1.54, 1.807) is 18.3 Å². The first-order valence-electron chi connectivity index (χ1n) is 4.33. The Balaban J connectivity index is 2.67. The van der Waals surface area contributed by atoms with Crippen molar-refractivity contribution in [3.05, 3.63) is 18.3 Å². The summed E-state index contributed by atoms with van der Waals surface area (Å²) in [6.07, 6.45) is 1.59. The Hall–Kier alpha value is -1.32. The Morgan fingerprint density at radius 3 is 2.79 bits per heavy atom. The van der Waals surface area contributed by atoms with Crippen LogP contribution >= 0.6 is 0 Å². The SMILES string of the molecule is COc1ncccc1OCC(C)(C)F. The van der Waals surface area contributed by atoms with Gasteiger partial charge in [-0.3, -0.25) is 0 Å². The minimum atomic E-state index is -1.36. The van der Waals surface area contributed by atoms with Gasteiger partial charge in [0.05, 0.1) is 7.11 Å². The molecule has 0 spiro atoms. The van der Waals surface area contributed by atoms with Gasteiger partial charge >= 0.3 is 0 Å². The molecule has 78 valence electrons. The predicted octanol–water partition coefficient (Wildman–Crippen LogP) is 2.22. The number of nitrogens with zero attached hydrogens (tertiary/aromatic N) is 1. The summed E-state index contributed by atoms with van der Waals surface area (Å²) < 4.78 is 23.3. The molecule has 0 radical (unpaired) electrons. The number of rotatable bonds is 4. The van der Waals surface area contributed by atoms with E-state index in [-0.39, 0.29) is 6.61 Å². The molecule has 1 heterocycles. The van der Waals surface area contributed by atoms with E-state index in [1.807, 2.05) is 0 Å². The van der Waals surface area contributed by atoms with E-state index in [4.69, 9.17) is 9.47 Å². The van der Waals surface area contributed by atoms with Crippen LogP contribution in [0.3, 0.4) is 0 Å². The third kappa shape index (κ3) is 3.20. The Kier molecular flexibility index (Phi) is 3.28. The maximum atomic E-state index is 13.1. The molecule has 0 aliphatic heterocycles. The summed E-state index contributed by atoms with van der Waals surface area (Å²) in [5.74, 6) is 0.831. The monoisotopic (exact) mass is 199 g/mol. The normalized spacial score (nSPS) is 11.1. The summed E-state index contributed by atoms with van der Waals surface area (Å²) in [6.45, 7) is 2.89.